The van der Waals surface area contributed by atoms with Crippen molar-refractivity contribution in [3.8, 4) is 0 Å². The second-order valence-corrected chi connectivity index (χ2v) is 9.32. The summed E-state index contributed by atoms with van der Waals surface area (Å²) in [7, 11) is 0. The van der Waals surface area contributed by atoms with Gasteiger partial charge in [0.05, 0.1) is 17.9 Å². The SMILES string of the molecule is CCOC(=O)C1CCCc2sc3nc(C)n(CC(=O)Nc4cc(C)ccc4C)c(=O)c3c21. The standard InChI is InChI=1S/C24H27N3O4S/c1-5-31-24(30)16-7-6-8-18-20(16)21-22(32-18)25-15(4)27(23(21)29)12-19(28)26-17-11-13(2)9-10-14(17)3/h9-11,16H,5-8,12H2,1-4H3,(H,26,28). The van der Waals surface area contributed by atoms with Crippen LogP contribution in [-0.2, 0) is 27.3 Å². The Morgan fingerprint density at radius 3 is 2.81 bits per heavy atom. The lowest BCUT2D eigenvalue weighted by Gasteiger charge is -2.21. The molecule has 32 heavy (non-hydrogen) atoms. The number of nitrogens with one attached hydrogen (secondary N) is 1. The maximum Gasteiger partial charge on any atom is 0.313 e. The zero-order chi connectivity index (χ0) is 23.0. The first kappa shape index (κ1) is 22.2. The Balaban J connectivity index is 1.72. The lowest BCUT2D eigenvalue weighted by Crippen LogP contribution is -2.31. The van der Waals surface area contributed by atoms with Gasteiger partial charge in [-0.2, -0.15) is 0 Å². The molecular formula is C24H27N3O4S. The molecular weight excluding hydrogens is 426 g/mol. The number of rotatable bonds is 5. The smallest absolute Gasteiger partial charge is 0.313 e. The fraction of sp³-hybridized carbons (Fsp3) is 0.417. The number of nitrogens with zero attached hydrogens (tertiary/aromatic N) is 2. The number of amides is 1. The molecule has 7 nitrogen and oxygen atoms in total. The number of fused-ring (bicyclic) bond motifs is 3. The molecule has 1 unspecified atom stereocenters. The number of hydrogen-bond donors (Lipinski definition) is 1. The van der Waals surface area contributed by atoms with E-state index in [9.17, 15) is 14.4 Å². The average Bonchev–Trinajstić information content (AvgIpc) is 3.12. The lowest BCUT2D eigenvalue weighted by atomic mass is 9.86. The fourth-order valence-corrected chi connectivity index (χ4v) is 5.60. The maximum atomic E-state index is 13.5. The summed E-state index contributed by atoms with van der Waals surface area (Å²) in [6.07, 6.45) is 2.34. The fourth-order valence-electron chi connectivity index (χ4n) is 4.29. The van der Waals surface area contributed by atoms with Crippen molar-refractivity contribution in [2.75, 3.05) is 11.9 Å². The Kier molecular flexibility index (Phi) is 6.15. The Hall–Kier alpha value is -3.00. The molecule has 3 aromatic rings. The van der Waals surface area contributed by atoms with Gasteiger partial charge in [0.2, 0.25) is 5.91 Å². The van der Waals surface area contributed by atoms with Gasteiger partial charge in [-0.3, -0.25) is 19.0 Å². The summed E-state index contributed by atoms with van der Waals surface area (Å²) in [5, 5.41) is 3.36. The van der Waals surface area contributed by atoms with Gasteiger partial charge in [0.1, 0.15) is 17.2 Å². The van der Waals surface area contributed by atoms with Crippen LogP contribution < -0.4 is 10.9 Å². The van der Waals surface area contributed by atoms with Crippen molar-refractivity contribution in [2.45, 2.75) is 59.4 Å². The zero-order valence-corrected chi connectivity index (χ0v) is 19.6. The molecule has 1 aliphatic carbocycles. The third-order valence-electron chi connectivity index (χ3n) is 5.90. The number of thiophene rings is 1. The van der Waals surface area contributed by atoms with E-state index in [1.807, 2.05) is 32.0 Å². The average molecular weight is 454 g/mol. The van der Waals surface area contributed by atoms with Crippen molar-refractivity contribution in [2.24, 2.45) is 0 Å². The highest BCUT2D eigenvalue weighted by molar-refractivity contribution is 7.18. The quantitative estimate of drug-likeness (QED) is 0.590. The van der Waals surface area contributed by atoms with Crippen LogP contribution in [0.3, 0.4) is 0 Å². The summed E-state index contributed by atoms with van der Waals surface area (Å²) >= 11 is 1.47. The number of hydrogen-bond acceptors (Lipinski definition) is 6. The number of aromatic nitrogens is 2. The Morgan fingerprint density at radius 2 is 2.06 bits per heavy atom. The third kappa shape index (κ3) is 4.07. The number of anilines is 1. The first-order valence-electron chi connectivity index (χ1n) is 10.9. The van der Waals surface area contributed by atoms with Gasteiger partial charge in [-0.15, -0.1) is 11.3 Å². The summed E-state index contributed by atoms with van der Waals surface area (Å²) in [4.78, 5) is 45.2. The lowest BCUT2D eigenvalue weighted by molar-refractivity contribution is -0.145. The zero-order valence-electron chi connectivity index (χ0n) is 18.8. The molecule has 0 aliphatic heterocycles. The molecule has 1 N–H and O–H groups in total. The molecule has 0 spiro atoms. The second-order valence-electron chi connectivity index (χ2n) is 8.23. The van der Waals surface area contributed by atoms with Gasteiger partial charge in [-0.1, -0.05) is 12.1 Å². The predicted octanol–water partition coefficient (Wildman–Crippen LogP) is 4.00. The molecule has 4 rings (SSSR count). The van der Waals surface area contributed by atoms with Crippen LogP contribution in [0.25, 0.3) is 10.2 Å². The van der Waals surface area contributed by atoms with Gasteiger partial charge < -0.3 is 10.1 Å². The van der Waals surface area contributed by atoms with Gasteiger partial charge in [-0.05, 0) is 69.7 Å². The summed E-state index contributed by atoms with van der Waals surface area (Å²) in [6, 6.07) is 5.84. The Morgan fingerprint density at radius 1 is 1.28 bits per heavy atom. The summed E-state index contributed by atoms with van der Waals surface area (Å²) < 4.78 is 6.67. The van der Waals surface area contributed by atoms with Crippen molar-refractivity contribution < 1.29 is 14.3 Å². The molecule has 2 aromatic heterocycles. The van der Waals surface area contributed by atoms with E-state index in [-0.39, 0.29) is 24.0 Å². The van der Waals surface area contributed by atoms with Gasteiger partial charge >= 0.3 is 5.97 Å². The molecule has 0 radical (unpaired) electrons. The highest BCUT2D eigenvalue weighted by Crippen LogP contribution is 2.41. The monoisotopic (exact) mass is 453 g/mol. The van der Waals surface area contributed by atoms with Crippen LogP contribution in [0.1, 0.15) is 53.1 Å². The minimum atomic E-state index is -0.457. The van der Waals surface area contributed by atoms with Crippen LogP contribution >= 0.6 is 11.3 Å². The van der Waals surface area contributed by atoms with Crippen molar-refractivity contribution in [3.63, 3.8) is 0 Å². The van der Waals surface area contributed by atoms with Crippen LogP contribution in [0.15, 0.2) is 23.0 Å². The summed E-state index contributed by atoms with van der Waals surface area (Å²) in [5.41, 5.74) is 3.18. The number of carbonyl (C=O) groups excluding carboxylic acids is 2. The highest BCUT2D eigenvalue weighted by atomic mass is 32.1. The number of aryl methyl sites for hydroxylation is 4. The normalized spacial score (nSPS) is 15.4. The van der Waals surface area contributed by atoms with Crippen LogP contribution in [0.4, 0.5) is 5.69 Å². The molecule has 1 aromatic carbocycles. The topological polar surface area (TPSA) is 90.3 Å². The van der Waals surface area contributed by atoms with Crippen molar-refractivity contribution >= 4 is 39.1 Å². The van der Waals surface area contributed by atoms with E-state index < -0.39 is 5.92 Å². The van der Waals surface area contributed by atoms with Crippen molar-refractivity contribution in [3.05, 3.63) is 55.9 Å². The Bertz CT molecular complexity index is 1270. The van der Waals surface area contributed by atoms with E-state index >= 15 is 0 Å². The van der Waals surface area contributed by atoms with Crippen molar-refractivity contribution in [1.82, 2.24) is 9.55 Å². The van der Waals surface area contributed by atoms with E-state index in [0.29, 0.717) is 29.1 Å². The molecule has 0 saturated carbocycles. The van der Waals surface area contributed by atoms with Crippen LogP contribution in [0.5, 0.6) is 0 Å². The first-order chi connectivity index (χ1) is 15.3. The van der Waals surface area contributed by atoms with Gasteiger partial charge in [0.25, 0.3) is 5.56 Å². The van der Waals surface area contributed by atoms with Crippen LogP contribution in [-0.4, -0.2) is 28.0 Å². The molecule has 1 atom stereocenters. The molecule has 8 heteroatoms. The van der Waals surface area contributed by atoms with Crippen molar-refractivity contribution in [1.29, 1.82) is 0 Å². The third-order valence-corrected chi connectivity index (χ3v) is 7.06. The van der Waals surface area contributed by atoms with Gasteiger partial charge in [0, 0.05) is 10.6 Å². The van der Waals surface area contributed by atoms with E-state index in [1.165, 1.54) is 15.9 Å². The van der Waals surface area contributed by atoms with E-state index in [1.54, 1.807) is 13.8 Å². The predicted molar refractivity (Wildman–Crippen MR) is 125 cm³/mol. The Labute approximate surface area is 190 Å². The van der Waals surface area contributed by atoms with Gasteiger partial charge in [-0.25, -0.2) is 4.98 Å². The molecule has 0 bridgehead atoms. The molecule has 1 aliphatic rings. The second kappa shape index (κ2) is 8.86. The van der Waals surface area contributed by atoms with E-state index in [0.717, 1.165) is 40.1 Å². The number of esters is 1. The van der Waals surface area contributed by atoms with Crippen LogP contribution in [0, 0.1) is 20.8 Å². The minimum Gasteiger partial charge on any atom is -0.466 e. The largest absolute Gasteiger partial charge is 0.466 e. The number of benzene rings is 1. The highest BCUT2D eigenvalue weighted by Gasteiger charge is 2.33. The summed E-state index contributed by atoms with van der Waals surface area (Å²) in [5.74, 6) is -0.574. The molecule has 168 valence electrons. The van der Waals surface area contributed by atoms with E-state index in [2.05, 4.69) is 10.3 Å². The molecule has 2 heterocycles. The van der Waals surface area contributed by atoms with Gasteiger partial charge in [0.15, 0.2) is 0 Å². The molecule has 1 amide bonds. The van der Waals surface area contributed by atoms with E-state index in [4.69, 9.17) is 4.74 Å². The maximum absolute atomic E-state index is 13.5. The molecule has 0 saturated heterocycles. The minimum absolute atomic E-state index is 0.143. The first-order valence-corrected chi connectivity index (χ1v) is 11.7. The summed E-state index contributed by atoms with van der Waals surface area (Å²) in [6.45, 7) is 7.55. The number of ether oxygens (including phenoxy) is 1. The van der Waals surface area contributed by atoms with Crippen LogP contribution in [0.2, 0.25) is 0 Å². The number of carbonyl (C=O) groups is 2. The molecule has 0 fully saturated rings.